The van der Waals surface area contributed by atoms with Gasteiger partial charge in [0.15, 0.2) is 0 Å². The van der Waals surface area contributed by atoms with Crippen LogP contribution in [0.15, 0.2) is 76.9 Å². The minimum absolute atomic E-state index is 0.0717. The minimum atomic E-state index is -4.57. The van der Waals surface area contributed by atoms with Crippen molar-refractivity contribution in [3.8, 4) is 5.69 Å². The smallest absolute Gasteiger partial charge is 0.399 e. The van der Waals surface area contributed by atoms with Crippen molar-refractivity contribution < 1.29 is 18.0 Å². The van der Waals surface area contributed by atoms with Crippen molar-refractivity contribution in [1.82, 2.24) is 15.2 Å². The zero-order valence-corrected chi connectivity index (χ0v) is 18.9. The first-order valence-corrected chi connectivity index (χ1v) is 10.4. The van der Waals surface area contributed by atoms with Crippen LogP contribution < -0.4 is 21.9 Å². The van der Waals surface area contributed by atoms with Crippen molar-refractivity contribution in [2.45, 2.75) is 19.1 Å². The lowest BCUT2D eigenvalue weighted by atomic mass is 10.0. The molecule has 8 nitrogen and oxygen atoms in total. The van der Waals surface area contributed by atoms with E-state index in [0.29, 0.717) is 16.9 Å². The van der Waals surface area contributed by atoms with E-state index in [0.717, 1.165) is 12.1 Å². The first-order valence-electron chi connectivity index (χ1n) is 10.4. The summed E-state index contributed by atoms with van der Waals surface area (Å²) < 4.78 is 40.7. The molecular formula is C24H23F3N6O2. The molecule has 0 radical (unpaired) electrons. The van der Waals surface area contributed by atoms with E-state index in [1.54, 1.807) is 31.3 Å². The predicted molar refractivity (Wildman–Crippen MR) is 126 cm³/mol. The second kappa shape index (κ2) is 10.2. The molecule has 0 saturated heterocycles. The quantitative estimate of drug-likeness (QED) is 0.291. The lowest BCUT2D eigenvalue weighted by Crippen LogP contribution is -2.28. The van der Waals surface area contributed by atoms with Crippen LogP contribution in [0, 0.1) is 5.53 Å². The summed E-state index contributed by atoms with van der Waals surface area (Å²) in [6.45, 7) is 1.54. The molecule has 3 aromatic rings. The van der Waals surface area contributed by atoms with Crippen molar-refractivity contribution >= 4 is 17.3 Å². The van der Waals surface area contributed by atoms with Crippen LogP contribution in [0.1, 0.15) is 40.0 Å². The molecule has 0 saturated carbocycles. The Bertz CT molecular complexity index is 1350. The Morgan fingerprint density at radius 3 is 2.54 bits per heavy atom. The highest BCUT2D eigenvalue weighted by atomic mass is 19.4. The molecule has 182 valence electrons. The molecule has 0 unspecified atom stereocenters. The van der Waals surface area contributed by atoms with Gasteiger partial charge in [0.2, 0.25) is 0 Å². The molecule has 0 aliphatic rings. The Labute approximate surface area is 198 Å². The van der Waals surface area contributed by atoms with Crippen molar-refractivity contribution in [1.29, 1.82) is 5.53 Å². The molecule has 0 aliphatic carbocycles. The third-order valence-electron chi connectivity index (χ3n) is 5.22. The Hall–Kier alpha value is -4.41. The fraction of sp³-hybridized carbons (Fsp3) is 0.167. The molecule has 0 bridgehead atoms. The van der Waals surface area contributed by atoms with E-state index in [1.807, 2.05) is 0 Å². The number of nitrogen functional groups attached to an aromatic ring is 1. The number of rotatable bonds is 7. The number of carbonyl (C=O) groups is 1. The van der Waals surface area contributed by atoms with Gasteiger partial charge in [0.1, 0.15) is 0 Å². The van der Waals surface area contributed by atoms with Crippen LogP contribution >= 0.6 is 0 Å². The predicted octanol–water partition coefficient (Wildman–Crippen LogP) is 4.48. The molecule has 0 spiro atoms. The van der Waals surface area contributed by atoms with Crippen molar-refractivity contribution in [3.05, 3.63) is 99.6 Å². The summed E-state index contributed by atoms with van der Waals surface area (Å²) in [5.41, 5.74) is 13.3. The molecule has 2 aromatic carbocycles. The van der Waals surface area contributed by atoms with Crippen LogP contribution in [0.4, 0.5) is 18.9 Å². The summed E-state index contributed by atoms with van der Waals surface area (Å²) in [6.07, 6.45) is -1.91. The second-order valence-electron chi connectivity index (χ2n) is 7.68. The van der Waals surface area contributed by atoms with E-state index in [-0.39, 0.29) is 16.8 Å². The number of hydrogen-bond acceptors (Lipinski definition) is 6. The van der Waals surface area contributed by atoms with Crippen molar-refractivity contribution in [2.75, 3.05) is 12.8 Å². The van der Waals surface area contributed by atoms with Crippen LogP contribution in [0.5, 0.6) is 0 Å². The van der Waals surface area contributed by atoms with Gasteiger partial charge in [0, 0.05) is 36.2 Å². The topological polar surface area (TPSA) is 125 Å². The van der Waals surface area contributed by atoms with Crippen LogP contribution in [0.3, 0.4) is 0 Å². The summed E-state index contributed by atoms with van der Waals surface area (Å²) in [5, 5.41) is 8.81. The highest BCUT2D eigenvalue weighted by Gasteiger charge is 2.31. The van der Waals surface area contributed by atoms with E-state index in [2.05, 4.69) is 15.7 Å². The summed E-state index contributed by atoms with van der Waals surface area (Å²) in [7, 11) is 1.67. The lowest BCUT2D eigenvalue weighted by molar-refractivity contribution is -0.137. The minimum Gasteiger partial charge on any atom is -0.399 e. The molecule has 1 heterocycles. The number of alkyl halides is 3. The first kappa shape index (κ1) is 25.2. The standard InChI is InChI=1S/C24H23F3N6O2/c1-14(17-8-18(24(25,26)27)11-19(28)9-17)32-23(35)16-6-7-22(34)33(13-16)20-5-3-4-15(10-20)21(30-2)12-31-29/h3-14,29-30H,28H2,1-2H3,(H,32,35)/b21-12-,31-29?/t14-/m1/s1. The number of benzene rings is 2. The van der Waals surface area contributed by atoms with Gasteiger partial charge in [-0.2, -0.15) is 18.3 Å². The van der Waals surface area contributed by atoms with E-state index >= 15 is 0 Å². The third-order valence-corrected chi connectivity index (χ3v) is 5.22. The van der Waals surface area contributed by atoms with Crippen LogP contribution in [0.25, 0.3) is 11.4 Å². The van der Waals surface area contributed by atoms with Crippen molar-refractivity contribution in [3.63, 3.8) is 0 Å². The van der Waals surface area contributed by atoms with Gasteiger partial charge in [-0.15, -0.1) is 0 Å². The Morgan fingerprint density at radius 2 is 1.89 bits per heavy atom. The summed E-state index contributed by atoms with van der Waals surface area (Å²) in [5.74, 6) is -0.581. The molecule has 1 atom stereocenters. The Kier molecular flexibility index (Phi) is 7.38. The van der Waals surface area contributed by atoms with Gasteiger partial charge in [-0.05, 0) is 48.9 Å². The number of amides is 1. The number of aromatic nitrogens is 1. The van der Waals surface area contributed by atoms with Crippen LogP contribution in [-0.2, 0) is 6.18 Å². The number of nitrogens with one attached hydrogen (secondary N) is 3. The average Bonchev–Trinajstić information content (AvgIpc) is 2.81. The summed E-state index contributed by atoms with van der Waals surface area (Å²) in [4.78, 5) is 25.4. The lowest BCUT2D eigenvalue weighted by Gasteiger charge is -2.18. The molecule has 0 fully saturated rings. The SMILES string of the molecule is CN/C(=C\N=N)c1cccc(-n2cc(C(=O)N[C@H](C)c3cc(N)cc(C(F)(F)F)c3)ccc2=O)c1. The maximum Gasteiger partial charge on any atom is 0.416 e. The van der Waals surface area contributed by atoms with Gasteiger partial charge < -0.3 is 16.4 Å². The second-order valence-corrected chi connectivity index (χ2v) is 7.68. The Balaban J connectivity index is 1.90. The van der Waals surface area contributed by atoms with Gasteiger partial charge in [0.25, 0.3) is 11.5 Å². The fourth-order valence-corrected chi connectivity index (χ4v) is 3.45. The van der Waals surface area contributed by atoms with Crippen molar-refractivity contribution in [2.24, 2.45) is 5.11 Å². The van der Waals surface area contributed by atoms with E-state index < -0.39 is 29.2 Å². The maximum atomic E-state index is 13.1. The number of halogens is 3. The summed E-state index contributed by atoms with van der Waals surface area (Å²) in [6, 6.07) is 11.7. The van der Waals surface area contributed by atoms with Gasteiger partial charge in [-0.1, -0.05) is 12.1 Å². The molecule has 1 aromatic heterocycles. The normalized spacial score (nSPS) is 12.7. The fourth-order valence-electron chi connectivity index (χ4n) is 3.45. The molecule has 3 rings (SSSR count). The highest BCUT2D eigenvalue weighted by Crippen LogP contribution is 2.32. The number of hydrogen-bond donors (Lipinski definition) is 4. The van der Waals surface area contributed by atoms with Crippen LogP contribution in [0.2, 0.25) is 0 Å². The van der Waals surface area contributed by atoms with E-state index in [4.69, 9.17) is 11.3 Å². The van der Waals surface area contributed by atoms with Gasteiger partial charge >= 0.3 is 6.18 Å². The van der Waals surface area contributed by atoms with E-state index in [9.17, 15) is 22.8 Å². The molecule has 35 heavy (non-hydrogen) atoms. The number of carbonyl (C=O) groups excluding carboxylic acids is 1. The maximum absolute atomic E-state index is 13.1. The highest BCUT2D eigenvalue weighted by molar-refractivity contribution is 5.94. The first-order chi connectivity index (χ1) is 16.5. The molecule has 1 amide bonds. The number of nitrogens with two attached hydrogens (primary N) is 1. The number of anilines is 1. The van der Waals surface area contributed by atoms with Gasteiger partial charge in [-0.25, -0.2) is 5.53 Å². The molecule has 5 N–H and O–H groups in total. The Morgan fingerprint density at radius 1 is 1.14 bits per heavy atom. The number of nitrogens with zero attached hydrogens (tertiary/aromatic N) is 2. The van der Waals surface area contributed by atoms with Gasteiger partial charge in [0.05, 0.1) is 29.1 Å². The monoisotopic (exact) mass is 484 g/mol. The summed E-state index contributed by atoms with van der Waals surface area (Å²) >= 11 is 0. The van der Waals surface area contributed by atoms with E-state index in [1.165, 1.54) is 42.1 Å². The average molecular weight is 484 g/mol. The van der Waals surface area contributed by atoms with Gasteiger partial charge in [-0.3, -0.25) is 14.2 Å². The zero-order valence-electron chi connectivity index (χ0n) is 18.9. The number of pyridine rings is 1. The zero-order chi connectivity index (χ0) is 25.8. The van der Waals surface area contributed by atoms with Crippen LogP contribution in [-0.4, -0.2) is 17.5 Å². The molecule has 11 heteroatoms. The third kappa shape index (κ3) is 5.94. The molecular weight excluding hydrogens is 461 g/mol. The molecule has 0 aliphatic heterocycles. The largest absolute Gasteiger partial charge is 0.416 e.